The minimum absolute atomic E-state index is 0.0137. The largest absolute Gasteiger partial charge is 0.611 e. The van der Waals surface area contributed by atoms with Crippen molar-refractivity contribution >= 4 is 17.0 Å². The molecule has 4 aliphatic carbocycles. The molecular weight excluding hydrogens is 500 g/mol. The SMILES string of the molecule is CC[C@]1(O)C[C@@H]2CC[C@@H]3[C@H](CC[C@]4(C)[C@@H](C(C)=O)CC[C@@H]34)[C@@]2(C)CC1(c1ccccc1)[S+]([O-])c1ccccc1. The zero-order valence-electron chi connectivity index (χ0n) is 24.2. The maximum atomic E-state index is 14.9. The molecule has 4 saturated carbocycles. The summed E-state index contributed by atoms with van der Waals surface area (Å²) in [6, 6.07) is 20.2. The minimum Gasteiger partial charge on any atom is -0.611 e. The lowest BCUT2D eigenvalue weighted by molar-refractivity contribution is -0.170. The molecule has 10 atom stereocenters. The first-order chi connectivity index (χ1) is 18.6. The van der Waals surface area contributed by atoms with E-state index >= 15 is 0 Å². The van der Waals surface area contributed by atoms with E-state index in [9.17, 15) is 14.5 Å². The van der Waals surface area contributed by atoms with Crippen molar-refractivity contribution in [1.29, 1.82) is 0 Å². The Bertz CT molecular complexity index is 1200. The zero-order valence-corrected chi connectivity index (χ0v) is 25.0. The van der Waals surface area contributed by atoms with Crippen LogP contribution in [0.2, 0.25) is 0 Å². The predicted molar refractivity (Wildman–Crippen MR) is 157 cm³/mol. The topological polar surface area (TPSA) is 60.4 Å². The molecular formula is C35H46O3S. The number of hydrogen-bond donors (Lipinski definition) is 1. The van der Waals surface area contributed by atoms with Gasteiger partial charge in [0.1, 0.15) is 11.4 Å². The Labute approximate surface area is 238 Å². The van der Waals surface area contributed by atoms with Crippen molar-refractivity contribution in [2.45, 2.75) is 101 Å². The predicted octanol–water partition coefficient (Wildman–Crippen LogP) is 7.69. The van der Waals surface area contributed by atoms with E-state index in [-0.39, 0.29) is 16.7 Å². The fourth-order valence-corrected chi connectivity index (χ4v) is 12.9. The summed E-state index contributed by atoms with van der Waals surface area (Å²) in [7, 11) is 0. The fourth-order valence-electron chi connectivity index (χ4n) is 10.7. The minimum atomic E-state index is -1.42. The van der Waals surface area contributed by atoms with Crippen molar-refractivity contribution in [2.75, 3.05) is 0 Å². The second kappa shape index (κ2) is 9.74. The van der Waals surface area contributed by atoms with Crippen LogP contribution in [-0.2, 0) is 20.7 Å². The Kier molecular flexibility index (Phi) is 6.88. The highest BCUT2D eigenvalue weighted by Gasteiger charge is 2.71. The molecule has 210 valence electrons. The van der Waals surface area contributed by atoms with Crippen molar-refractivity contribution < 1.29 is 14.5 Å². The Hall–Kier alpha value is -1.62. The molecule has 39 heavy (non-hydrogen) atoms. The van der Waals surface area contributed by atoms with Gasteiger partial charge in [-0.15, -0.1) is 0 Å². The van der Waals surface area contributed by atoms with Crippen molar-refractivity contribution in [3.8, 4) is 0 Å². The Morgan fingerprint density at radius 1 is 0.923 bits per heavy atom. The molecule has 0 saturated heterocycles. The van der Waals surface area contributed by atoms with Gasteiger partial charge in [-0.3, -0.25) is 4.79 Å². The molecule has 2 unspecified atom stereocenters. The maximum absolute atomic E-state index is 14.9. The van der Waals surface area contributed by atoms with Crippen LogP contribution in [0.1, 0.15) is 91.0 Å². The summed E-state index contributed by atoms with van der Waals surface area (Å²) >= 11 is -1.42. The van der Waals surface area contributed by atoms with E-state index in [1.807, 2.05) is 55.5 Å². The van der Waals surface area contributed by atoms with Gasteiger partial charge in [-0.2, -0.15) is 0 Å². The van der Waals surface area contributed by atoms with Crippen molar-refractivity contribution in [2.24, 2.45) is 40.4 Å². The molecule has 0 spiro atoms. The van der Waals surface area contributed by atoms with Crippen LogP contribution in [0.15, 0.2) is 65.6 Å². The van der Waals surface area contributed by atoms with Crippen LogP contribution in [0.4, 0.5) is 0 Å². The quantitative estimate of drug-likeness (QED) is 0.391. The molecule has 2 aromatic carbocycles. The van der Waals surface area contributed by atoms with Gasteiger partial charge >= 0.3 is 0 Å². The number of carbonyl (C=O) groups is 1. The summed E-state index contributed by atoms with van der Waals surface area (Å²) in [5.41, 5.74) is 0.0672. The smallest absolute Gasteiger partial charge is 0.184 e. The van der Waals surface area contributed by atoms with Crippen LogP contribution in [0.3, 0.4) is 0 Å². The van der Waals surface area contributed by atoms with E-state index in [4.69, 9.17) is 0 Å². The Morgan fingerprint density at radius 2 is 1.56 bits per heavy atom. The summed E-state index contributed by atoms with van der Waals surface area (Å²) in [6.45, 7) is 8.80. The van der Waals surface area contributed by atoms with E-state index in [1.165, 1.54) is 12.8 Å². The number of carbonyl (C=O) groups excluding carboxylic acids is 1. The van der Waals surface area contributed by atoms with Crippen LogP contribution < -0.4 is 0 Å². The monoisotopic (exact) mass is 546 g/mol. The highest BCUT2D eigenvalue weighted by atomic mass is 32.2. The van der Waals surface area contributed by atoms with E-state index < -0.39 is 21.5 Å². The normalized spacial score (nSPS) is 44.1. The van der Waals surface area contributed by atoms with Crippen LogP contribution in [0.5, 0.6) is 0 Å². The Morgan fingerprint density at radius 3 is 2.21 bits per heavy atom. The van der Waals surface area contributed by atoms with E-state index in [1.54, 1.807) is 0 Å². The van der Waals surface area contributed by atoms with Crippen LogP contribution >= 0.6 is 0 Å². The van der Waals surface area contributed by atoms with Gasteiger partial charge in [0.05, 0.1) is 0 Å². The number of aliphatic hydroxyl groups is 1. The molecule has 0 bridgehead atoms. The van der Waals surface area contributed by atoms with E-state index in [0.717, 1.165) is 42.6 Å². The molecule has 1 N–H and O–H groups in total. The maximum Gasteiger partial charge on any atom is 0.184 e. The first-order valence-electron chi connectivity index (χ1n) is 15.4. The molecule has 0 heterocycles. The number of Topliss-reactive ketones (excluding diaryl/α,β-unsaturated/α-hetero) is 1. The zero-order chi connectivity index (χ0) is 27.6. The lowest BCUT2D eigenvalue weighted by Gasteiger charge is -2.65. The molecule has 3 nitrogen and oxygen atoms in total. The van der Waals surface area contributed by atoms with Crippen LogP contribution in [-0.4, -0.2) is 21.0 Å². The van der Waals surface area contributed by atoms with E-state index in [2.05, 4.69) is 32.9 Å². The average molecular weight is 547 g/mol. The molecule has 4 fully saturated rings. The third kappa shape index (κ3) is 3.87. The second-order valence-electron chi connectivity index (χ2n) is 14.0. The van der Waals surface area contributed by atoms with Gasteiger partial charge in [-0.25, -0.2) is 0 Å². The van der Waals surface area contributed by atoms with Gasteiger partial charge < -0.3 is 9.66 Å². The van der Waals surface area contributed by atoms with Crippen molar-refractivity contribution in [1.82, 2.24) is 0 Å². The van der Waals surface area contributed by atoms with Crippen molar-refractivity contribution in [3.05, 3.63) is 66.2 Å². The summed E-state index contributed by atoms with van der Waals surface area (Å²) in [5, 5.41) is 12.7. The van der Waals surface area contributed by atoms with E-state index in [0.29, 0.717) is 42.3 Å². The Balaban J connectivity index is 1.47. The third-order valence-electron chi connectivity index (χ3n) is 12.6. The molecule has 4 aliphatic rings. The lowest BCUT2D eigenvalue weighted by atomic mass is 9.42. The van der Waals surface area contributed by atoms with Gasteiger partial charge in [0.25, 0.3) is 0 Å². The highest BCUT2D eigenvalue weighted by molar-refractivity contribution is 7.92. The summed E-state index contributed by atoms with van der Waals surface area (Å²) in [4.78, 5) is 13.5. The number of benzene rings is 2. The third-order valence-corrected chi connectivity index (χ3v) is 14.7. The number of hydrogen-bond acceptors (Lipinski definition) is 3. The van der Waals surface area contributed by atoms with Gasteiger partial charge in [0.2, 0.25) is 0 Å². The number of rotatable bonds is 5. The first-order valence-corrected chi connectivity index (χ1v) is 16.5. The molecule has 0 radical (unpaired) electrons. The molecule has 0 aromatic heterocycles. The lowest BCUT2D eigenvalue weighted by Crippen LogP contribution is -2.67. The molecule has 6 rings (SSSR count). The molecule has 0 amide bonds. The number of fused-ring (bicyclic) bond motifs is 5. The fraction of sp³-hybridized carbons (Fsp3) is 0.629. The van der Waals surface area contributed by atoms with Crippen LogP contribution in [0, 0.1) is 40.4 Å². The van der Waals surface area contributed by atoms with Gasteiger partial charge in [-0.05, 0) is 116 Å². The second-order valence-corrected chi connectivity index (χ2v) is 15.7. The summed E-state index contributed by atoms with van der Waals surface area (Å²) in [5.74, 6) is 2.76. The van der Waals surface area contributed by atoms with Gasteiger partial charge in [0, 0.05) is 17.9 Å². The number of ketones is 1. The van der Waals surface area contributed by atoms with Crippen molar-refractivity contribution in [3.63, 3.8) is 0 Å². The summed E-state index contributed by atoms with van der Waals surface area (Å²) in [6.07, 6.45) is 8.82. The average Bonchev–Trinajstić information content (AvgIpc) is 3.31. The molecule has 4 heteroatoms. The standard InChI is InChI=1S/C35H46O3S/c1-5-34(37)22-26-16-17-28-30-19-18-29(24(2)36)32(30,3)21-20-31(28)33(26,4)23-35(34,25-12-8-6-9-13-25)39(38)27-14-10-7-11-15-27/h6-15,26,28-31,37H,5,16-23H2,1-4H3/t26-,28-,29+,30-,31-,32+,33-,34-,35?,39?/m0/s1. The first kappa shape index (κ1) is 27.5. The summed E-state index contributed by atoms with van der Waals surface area (Å²) < 4.78 is 14.1. The van der Waals surface area contributed by atoms with Gasteiger partial charge in [0.15, 0.2) is 9.64 Å². The highest BCUT2D eigenvalue weighted by Crippen LogP contribution is 2.71. The molecule has 2 aromatic rings. The van der Waals surface area contributed by atoms with Crippen LogP contribution in [0.25, 0.3) is 0 Å². The van der Waals surface area contributed by atoms with Gasteiger partial charge in [-0.1, -0.05) is 69.3 Å². The molecule has 0 aliphatic heterocycles.